The largest absolute Gasteiger partial charge is 0.368 e. The lowest BCUT2D eigenvalue weighted by Crippen LogP contribution is -2.20. The van der Waals surface area contributed by atoms with Gasteiger partial charge in [0.15, 0.2) is 5.78 Å². The van der Waals surface area contributed by atoms with Crippen LogP contribution in [-0.4, -0.2) is 19.4 Å². The topological polar surface area (TPSA) is 20.3 Å². The average Bonchev–Trinajstić information content (AvgIpc) is 2.17. The van der Waals surface area contributed by atoms with Crippen LogP contribution in [0.2, 0.25) is 0 Å². The van der Waals surface area contributed by atoms with Gasteiger partial charge in [0.1, 0.15) is 5.82 Å². The molecule has 0 aliphatic heterocycles. The summed E-state index contributed by atoms with van der Waals surface area (Å²) in [7, 11) is 1.73. The van der Waals surface area contributed by atoms with Crippen molar-refractivity contribution in [3.05, 3.63) is 42.2 Å². The SMILES string of the molecule is C=CCN(C)c1c(F)cccc1C(C)=O. The molecule has 0 unspecified atom stereocenters. The van der Waals surface area contributed by atoms with Crippen LogP contribution in [0.25, 0.3) is 0 Å². The molecule has 0 fully saturated rings. The van der Waals surface area contributed by atoms with Crippen molar-refractivity contribution in [2.75, 3.05) is 18.5 Å². The van der Waals surface area contributed by atoms with Crippen LogP contribution in [-0.2, 0) is 0 Å². The molecule has 0 radical (unpaired) electrons. The van der Waals surface area contributed by atoms with Gasteiger partial charge in [0.2, 0.25) is 0 Å². The van der Waals surface area contributed by atoms with E-state index >= 15 is 0 Å². The fourth-order valence-electron chi connectivity index (χ4n) is 1.47. The third kappa shape index (κ3) is 2.43. The monoisotopic (exact) mass is 207 g/mol. The Morgan fingerprint density at radius 2 is 2.27 bits per heavy atom. The maximum Gasteiger partial charge on any atom is 0.161 e. The van der Waals surface area contributed by atoms with Crippen molar-refractivity contribution >= 4 is 11.5 Å². The highest BCUT2D eigenvalue weighted by atomic mass is 19.1. The minimum absolute atomic E-state index is 0.139. The van der Waals surface area contributed by atoms with Gasteiger partial charge in [-0.05, 0) is 19.1 Å². The fourth-order valence-corrected chi connectivity index (χ4v) is 1.47. The van der Waals surface area contributed by atoms with Gasteiger partial charge in [0, 0.05) is 19.2 Å². The van der Waals surface area contributed by atoms with Gasteiger partial charge in [0.25, 0.3) is 0 Å². The van der Waals surface area contributed by atoms with Crippen LogP contribution in [0.5, 0.6) is 0 Å². The molecule has 0 heterocycles. The van der Waals surface area contributed by atoms with Gasteiger partial charge >= 0.3 is 0 Å². The molecule has 0 aliphatic rings. The van der Waals surface area contributed by atoms with Crippen LogP contribution in [0.3, 0.4) is 0 Å². The first-order valence-corrected chi connectivity index (χ1v) is 4.69. The van der Waals surface area contributed by atoms with E-state index in [4.69, 9.17) is 0 Å². The number of likely N-dealkylation sites (N-methyl/N-ethyl adjacent to an activating group) is 1. The van der Waals surface area contributed by atoms with Gasteiger partial charge in [-0.3, -0.25) is 4.79 Å². The first kappa shape index (κ1) is 11.4. The lowest BCUT2D eigenvalue weighted by atomic mass is 10.1. The van der Waals surface area contributed by atoms with Crippen molar-refractivity contribution in [1.82, 2.24) is 0 Å². The standard InChI is InChI=1S/C12H14FNO/c1-4-8-14(3)12-10(9(2)15)6-5-7-11(12)13/h4-7H,1,8H2,2-3H3. The molecule has 3 heteroatoms. The summed E-state index contributed by atoms with van der Waals surface area (Å²) in [5.41, 5.74) is 0.740. The molecule has 1 aromatic rings. The highest BCUT2D eigenvalue weighted by Crippen LogP contribution is 2.23. The number of hydrogen-bond donors (Lipinski definition) is 0. The summed E-state index contributed by atoms with van der Waals surface area (Å²) in [5.74, 6) is -0.521. The predicted octanol–water partition coefficient (Wildman–Crippen LogP) is 2.65. The van der Waals surface area contributed by atoms with Crippen molar-refractivity contribution in [3.8, 4) is 0 Å². The van der Waals surface area contributed by atoms with Gasteiger partial charge in [-0.15, -0.1) is 6.58 Å². The fraction of sp³-hybridized carbons (Fsp3) is 0.250. The number of carbonyl (C=O) groups excluding carboxylic acids is 1. The third-order valence-electron chi connectivity index (χ3n) is 2.15. The molecule has 0 spiro atoms. The number of benzene rings is 1. The molecule has 0 bridgehead atoms. The lowest BCUT2D eigenvalue weighted by Gasteiger charge is -2.20. The molecule has 0 amide bonds. The smallest absolute Gasteiger partial charge is 0.161 e. The lowest BCUT2D eigenvalue weighted by molar-refractivity contribution is 0.101. The Morgan fingerprint density at radius 1 is 1.60 bits per heavy atom. The first-order chi connectivity index (χ1) is 7.07. The minimum atomic E-state index is -0.382. The molecule has 1 aromatic carbocycles. The third-order valence-corrected chi connectivity index (χ3v) is 2.15. The first-order valence-electron chi connectivity index (χ1n) is 4.69. The normalized spacial score (nSPS) is 9.80. The number of halogens is 1. The van der Waals surface area contributed by atoms with Gasteiger partial charge in [-0.2, -0.15) is 0 Å². The van der Waals surface area contributed by atoms with E-state index in [2.05, 4.69) is 6.58 Å². The molecular formula is C12H14FNO. The van der Waals surface area contributed by atoms with Crippen molar-refractivity contribution in [1.29, 1.82) is 0 Å². The average molecular weight is 207 g/mol. The molecule has 0 aliphatic carbocycles. The molecule has 15 heavy (non-hydrogen) atoms. The molecule has 0 N–H and O–H groups in total. The summed E-state index contributed by atoms with van der Waals surface area (Å²) >= 11 is 0. The molecule has 80 valence electrons. The molecule has 0 aromatic heterocycles. The number of Topliss-reactive ketones (excluding diaryl/α,β-unsaturated/α-hetero) is 1. The quantitative estimate of drug-likeness (QED) is 0.558. The van der Waals surface area contributed by atoms with Gasteiger partial charge in [-0.1, -0.05) is 12.1 Å². The number of anilines is 1. The summed E-state index contributed by atoms with van der Waals surface area (Å²) in [6, 6.07) is 4.51. The molecule has 2 nitrogen and oxygen atoms in total. The summed E-state index contributed by atoms with van der Waals surface area (Å²) in [6.45, 7) is 5.51. The zero-order valence-electron chi connectivity index (χ0n) is 8.96. The maximum atomic E-state index is 13.6. The number of nitrogens with zero attached hydrogens (tertiary/aromatic N) is 1. The summed E-state index contributed by atoms with van der Waals surface area (Å²) < 4.78 is 13.6. The minimum Gasteiger partial charge on any atom is -0.368 e. The molecule has 0 atom stereocenters. The summed E-state index contributed by atoms with van der Waals surface area (Å²) in [6.07, 6.45) is 1.66. The highest BCUT2D eigenvalue weighted by molar-refractivity contribution is 5.99. The van der Waals surface area contributed by atoms with E-state index in [9.17, 15) is 9.18 Å². The Balaban J connectivity index is 3.23. The van der Waals surface area contributed by atoms with E-state index in [-0.39, 0.29) is 11.6 Å². The Labute approximate surface area is 89.0 Å². The van der Waals surface area contributed by atoms with Crippen molar-refractivity contribution in [2.24, 2.45) is 0 Å². The second kappa shape index (κ2) is 4.73. The van der Waals surface area contributed by atoms with E-state index in [1.54, 1.807) is 24.1 Å². The van der Waals surface area contributed by atoms with Crippen LogP contribution < -0.4 is 4.90 Å². The van der Waals surface area contributed by atoms with Crippen LogP contribution in [0.15, 0.2) is 30.9 Å². The maximum absolute atomic E-state index is 13.6. The summed E-state index contributed by atoms with van der Waals surface area (Å²) in [5, 5.41) is 0. The number of rotatable bonds is 4. The zero-order chi connectivity index (χ0) is 11.4. The molecular weight excluding hydrogens is 193 g/mol. The molecule has 1 rings (SSSR count). The Hall–Kier alpha value is -1.64. The second-order valence-electron chi connectivity index (χ2n) is 3.36. The van der Waals surface area contributed by atoms with Crippen LogP contribution in [0, 0.1) is 5.82 Å². The van der Waals surface area contributed by atoms with E-state index in [0.29, 0.717) is 17.8 Å². The number of ketones is 1. The Morgan fingerprint density at radius 3 is 2.80 bits per heavy atom. The number of carbonyl (C=O) groups is 1. The van der Waals surface area contributed by atoms with Crippen LogP contribution >= 0.6 is 0 Å². The Kier molecular flexibility index (Phi) is 3.61. The molecule has 0 saturated heterocycles. The van der Waals surface area contributed by atoms with Crippen LogP contribution in [0.4, 0.5) is 10.1 Å². The summed E-state index contributed by atoms with van der Waals surface area (Å²) in [4.78, 5) is 13.0. The second-order valence-corrected chi connectivity index (χ2v) is 3.36. The van der Waals surface area contributed by atoms with E-state index in [1.165, 1.54) is 19.1 Å². The Bertz CT molecular complexity index is 387. The van der Waals surface area contributed by atoms with Crippen molar-refractivity contribution in [2.45, 2.75) is 6.92 Å². The van der Waals surface area contributed by atoms with Crippen molar-refractivity contribution < 1.29 is 9.18 Å². The molecule has 0 saturated carbocycles. The van der Waals surface area contributed by atoms with Crippen molar-refractivity contribution in [3.63, 3.8) is 0 Å². The van der Waals surface area contributed by atoms with Gasteiger partial charge in [0.05, 0.1) is 5.69 Å². The van der Waals surface area contributed by atoms with E-state index < -0.39 is 0 Å². The van der Waals surface area contributed by atoms with Gasteiger partial charge < -0.3 is 4.90 Å². The van der Waals surface area contributed by atoms with E-state index in [1.807, 2.05) is 0 Å². The highest BCUT2D eigenvalue weighted by Gasteiger charge is 2.14. The van der Waals surface area contributed by atoms with Crippen LogP contribution in [0.1, 0.15) is 17.3 Å². The zero-order valence-corrected chi connectivity index (χ0v) is 8.96. The van der Waals surface area contributed by atoms with E-state index in [0.717, 1.165) is 0 Å². The van der Waals surface area contributed by atoms with Gasteiger partial charge in [-0.25, -0.2) is 4.39 Å². The number of para-hydroxylation sites is 1. The number of hydrogen-bond acceptors (Lipinski definition) is 2. The predicted molar refractivity (Wildman–Crippen MR) is 59.9 cm³/mol.